The van der Waals surface area contributed by atoms with Gasteiger partial charge in [0.25, 0.3) is 0 Å². The van der Waals surface area contributed by atoms with Crippen LogP contribution >= 0.6 is 11.6 Å². The molecule has 0 aliphatic heterocycles. The quantitative estimate of drug-likeness (QED) is 0.611. The zero-order chi connectivity index (χ0) is 15.8. The third-order valence-corrected chi connectivity index (χ3v) is 3.15. The molecule has 112 valence electrons. The van der Waals surface area contributed by atoms with Crippen molar-refractivity contribution < 1.29 is 34.8 Å². The van der Waals surface area contributed by atoms with Gasteiger partial charge in [-0.15, -0.1) is 0 Å². The molecule has 0 N–H and O–H groups in total. The summed E-state index contributed by atoms with van der Waals surface area (Å²) < 4.78 is 97.4. The van der Waals surface area contributed by atoms with Crippen LogP contribution in [0.5, 0.6) is 0 Å². The van der Waals surface area contributed by atoms with Crippen molar-refractivity contribution in [3.05, 3.63) is 34.9 Å². The molecule has 0 aliphatic carbocycles. The van der Waals surface area contributed by atoms with Gasteiger partial charge in [0.2, 0.25) is 0 Å². The average Bonchev–Trinajstić information content (AvgIpc) is 2.24. The van der Waals surface area contributed by atoms with Crippen LogP contribution in [-0.4, -0.2) is 25.8 Å². The summed E-state index contributed by atoms with van der Waals surface area (Å²) in [6, 6.07) is 3.33. The molecule has 0 radical (unpaired) electrons. The van der Waals surface area contributed by atoms with E-state index < -0.39 is 33.0 Å². The lowest BCUT2D eigenvalue weighted by molar-refractivity contribution is -0.0582. The van der Waals surface area contributed by atoms with Crippen LogP contribution < -0.4 is 0 Å². The fourth-order valence-corrected chi connectivity index (χ4v) is 1.73. The second kappa shape index (κ2) is 5.24. The fourth-order valence-electron chi connectivity index (χ4n) is 1.05. The number of alkyl halides is 6. The van der Waals surface area contributed by atoms with E-state index >= 15 is 0 Å². The van der Waals surface area contributed by atoms with E-state index in [1.807, 2.05) is 4.40 Å². The van der Waals surface area contributed by atoms with Gasteiger partial charge in [0.1, 0.15) is 0 Å². The first-order chi connectivity index (χ1) is 8.84. The number of rotatable bonds is 2. The third kappa shape index (κ3) is 3.85. The lowest BCUT2D eigenvalue weighted by Gasteiger charge is -2.11. The van der Waals surface area contributed by atoms with Crippen molar-refractivity contribution in [1.82, 2.24) is 0 Å². The molecule has 0 saturated heterocycles. The molecule has 1 rings (SSSR count). The van der Waals surface area contributed by atoms with Crippen LogP contribution in [0, 0.1) is 0 Å². The summed E-state index contributed by atoms with van der Waals surface area (Å²) in [5, 5.41) is 0.0222. The van der Waals surface area contributed by atoms with Crippen molar-refractivity contribution in [2.45, 2.75) is 11.7 Å². The highest BCUT2D eigenvalue weighted by atomic mass is 35.5. The van der Waals surface area contributed by atoms with E-state index in [-0.39, 0.29) is 5.02 Å². The first-order valence-corrected chi connectivity index (χ1v) is 6.41. The maximum atomic E-state index is 12.6. The Labute approximate surface area is 113 Å². The van der Waals surface area contributed by atoms with Gasteiger partial charge in [-0.1, -0.05) is 23.7 Å². The Bertz CT molecular complexity index is 617. The second-order valence-electron chi connectivity index (χ2n) is 3.37. The van der Waals surface area contributed by atoms with E-state index in [1.54, 1.807) is 0 Å². The largest absolute Gasteiger partial charge is 0.518 e. The molecule has 1 aromatic carbocycles. The topological polar surface area (TPSA) is 46.5 Å². The monoisotopic (exact) mass is 339 g/mol. The lowest BCUT2D eigenvalue weighted by atomic mass is 10.1. The zero-order valence-corrected chi connectivity index (χ0v) is 10.7. The molecule has 11 heteroatoms. The Morgan fingerprint density at radius 2 is 1.45 bits per heavy atom. The normalized spacial score (nSPS) is 14.4. The minimum absolute atomic E-state index is 0.0222. The Morgan fingerprint density at radius 3 is 1.80 bits per heavy atom. The average molecular weight is 340 g/mol. The number of hydrogen-bond acceptors (Lipinski definition) is 2. The Morgan fingerprint density at radius 1 is 1.00 bits per heavy atom. The van der Waals surface area contributed by atoms with E-state index in [0.29, 0.717) is 12.1 Å². The molecule has 0 aromatic heterocycles. The summed E-state index contributed by atoms with van der Waals surface area (Å²) in [5.74, 6) is 0. The molecule has 0 bridgehead atoms. The van der Waals surface area contributed by atoms with Gasteiger partial charge in [-0.25, -0.2) is 0 Å². The Kier molecular flexibility index (Phi) is 4.39. The van der Waals surface area contributed by atoms with Crippen molar-refractivity contribution in [1.29, 1.82) is 0 Å². The van der Waals surface area contributed by atoms with Crippen molar-refractivity contribution >= 4 is 27.3 Å². The molecule has 0 fully saturated rings. The van der Waals surface area contributed by atoms with Gasteiger partial charge in [0.05, 0.1) is 0 Å². The molecule has 0 amide bonds. The van der Waals surface area contributed by atoms with Gasteiger partial charge in [-0.05, 0) is 12.1 Å². The first-order valence-electron chi connectivity index (χ1n) is 4.59. The van der Waals surface area contributed by atoms with Gasteiger partial charge < -0.3 is 0 Å². The van der Waals surface area contributed by atoms with Crippen LogP contribution in [0.25, 0.3) is 0 Å². The molecule has 0 spiro atoms. The maximum absolute atomic E-state index is 12.6. The number of halogens is 7. The summed E-state index contributed by atoms with van der Waals surface area (Å²) in [6.45, 7) is 0. The van der Waals surface area contributed by atoms with Gasteiger partial charge in [0.15, 0.2) is 5.71 Å². The second-order valence-corrected chi connectivity index (χ2v) is 5.40. The highest BCUT2D eigenvalue weighted by molar-refractivity contribution is 7.91. The van der Waals surface area contributed by atoms with Crippen LogP contribution in [0.15, 0.2) is 28.7 Å². The predicted molar refractivity (Wildman–Crippen MR) is 59.0 cm³/mol. The standard InChI is InChI=1S/C9H4ClF6NO2S/c10-6-3-1-5(2-4-6)7(8(11,12)13)17-20(18,19)9(14,15)16/h1-4H/b17-7+. The predicted octanol–water partition coefficient (Wildman–Crippen LogP) is 3.54. The van der Waals surface area contributed by atoms with Gasteiger partial charge in [-0.2, -0.15) is 39.2 Å². The van der Waals surface area contributed by atoms with Gasteiger partial charge in [-0.3, -0.25) is 0 Å². The van der Waals surface area contributed by atoms with E-state index in [2.05, 4.69) is 0 Å². The maximum Gasteiger partial charge on any atom is 0.518 e. The SMILES string of the molecule is O=S(=O)(/N=C(\c1ccc(Cl)cc1)C(F)(F)F)C(F)(F)F. The Hall–Kier alpha value is -1.29. The van der Waals surface area contributed by atoms with Crippen LogP contribution in [0.4, 0.5) is 26.3 Å². The molecule has 0 aliphatic rings. The molecule has 0 atom stereocenters. The van der Waals surface area contributed by atoms with E-state index in [0.717, 1.165) is 12.1 Å². The number of benzene rings is 1. The highest BCUT2D eigenvalue weighted by Crippen LogP contribution is 2.29. The van der Waals surface area contributed by atoms with Crippen LogP contribution in [0.1, 0.15) is 5.56 Å². The van der Waals surface area contributed by atoms with Crippen LogP contribution in [0.2, 0.25) is 5.02 Å². The molecule has 3 nitrogen and oxygen atoms in total. The summed E-state index contributed by atoms with van der Waals surface area (Å²) >= 11 is 5.42. The molecule has 1 aromatic rings. The fraction of sp³-hybridized carbons (Fsp3) is 0.222. The zero-order valence-electron chi connectivity index (χ0n) is 9.13. The molecule has 0 saturated carbocycles. The van der Waals surface area contributed by atoms with Gasteiger partial charge >= 0.3 is 21.7 Å². The smallest absolute Gasteiger partial charge is 0.195 e. The molecule has 0 unspecified atom stereocenters. The number of sulfonamides is 1. The number of nitrogens with zero attached hydrogens (tertiary/aromatic N) is 1. The third-order valence-electron chi connectivity index (χ3n) is 1.89. The minimum Gasteiger partial charge on any atom is -0.195 e. The van der Waals surface area contributed by atoms with Gasteiger partial charge in [0, 0.05) is 10.6 Å². The lowest BCUT2D eigenvalue weighted by Crippen LogP contribution is -2.29. The van der Waals surface area contributed by atoms with E-state index in [1.165, 1.54) is 0 Å². The highest BCUT2D eigenvalue weighted by Gasteiger charge is 2.49. The minimum atomic E-state index is -6.30. The van der Waals surface area contributed by atoms with Crippen molar-refractivity contribution in [3.63, 3.8) is 0 Å². The van der Waals surface area contributed by atoms with Crippen molar-refractivity contribution in [2.75, 3.05) is 0 Å². The first kappa shape index (κ1) is 16.8. The van der Waals surface area contributed by atoms with Crippen LogP contribution in [0.3, 0.4) is 0 Å². The number of hydrogen-bond donors (Lipinski definition) is 0. The van der Waals surface area contributed by atoms with E-state index in [4.69, 9.17) is 11.6 Å². The molecule has 0 heterocycles. The Balaban J connectivity index is 3.47. The summed E-state index contributed by atoms with van der Waals surface area (Å²) in [4.78, 5) is 0. The van der Waals surface area contributed by atoms with Crippen molar-refractivity contribution in [3.8, 4) is 0 Å². The summed E-state index contributed by atoms with van der Waals surface area (Å²) in [7, 11) is -6.30. The molecule has 20 heavy (non-hydrogen) atoms. The summed E-state index contributed by atoms with van der Waals surface area (Å²) in [5.41, 5.74) is -8.95. The molecular formula is C9H4ClF6NO2S. The van der Waals surface area contributed by atoms with Crippen LogP contribution in [-0.2, 0) is 10.0 Å². The van der Waals surface area contributed by atoms with Crippen molar-refractivity contribution in [2.24, 2.45) is 4.40 Å². The summed E-state index contributed by atoms with van der Waals surface area (Å²) in [6.07, 6.45) is -5.38. The van der Waals surface area contributed by atoms with E-state index in [9.17, 15) is 34.8 Å². The molecular weight excluding hydrogens is 336 g/mol.